The summed E-state index contributed by atoms with van der Waals surface area (Å²) in [6.07, 6.45) is 2.05. The molecule has 130 valence electrons. The predicted octanol–water partition coefficient (Wildman–Crippen LogP) is 3.45. The van der Waals surface area contributed by atoms with Gasteiger partial charge in [-0.1, -0.05) is 41.9 Å². The maximum absolute atomic E-state index is 12.9. The lowest BCUT2D eigenvalue weighted by Gasteiger charge is -2.36. The van der Waals surface area contributed by atoms with Gasteiger partial charge in [-0.05, 0) is 31.0 Å². The molecule has 2 aromatic carbocycles. The van der Waals surface area contributed by atoms with Gasteiger partial charge in [0.1, 0.15) is 0 Å². The first-order valence-corrected chi connectivity index (χ1v) is 8.69. The number of amides is 1. The SMILES string of the molecule is O=C1c2ccccc2[C@@](O)(c2ccc(Cl)cc2)N1O[C@@H]1CCCCO1. The number of hydrogen-bond donors (Lipinski definition) is 1. The average molecular weight is 360 g/mol. The summed E-state index contributed by atoms with van der Waals surface area (Å²) >= 11 is 5.97. The van der Waals surface area contributed by atoms with Gasteiger partial charge in [-0.3, -0.25) is 4.79 Å². The fourth-order valence-electron chi connectivity index (χ4n) is 3.33. The Morgan fingerprint density at radius 3 is 2.64 bits per heavy atom. The van der Waals surface area contributed by atoms with Crippen LogP contribution in [0.4, 0.5) is 0 Å². The maximum Gasteiger partial charge on any atom is 0.281 e. The van der Waals surface area contributed by atoms with E-state index in [9.17, 15) is 9.90 Å². The summed E-state index contributed by atoms with van der Waals surface area (Å²) in [4.78, 5) is 18.7. The second kappa shape index (κ2) is 6.42. The van der Waals surface area contributed by atoms with Gasteiger partial charge in [0.2, 0.25) is 5.72 Å². The first kappa shape index (κ1) is 16.5. The van der Waals surface area contributed by atoms with Gasteiger partial charge in [0.25, 0.3) is 5.91 Å². The lowest BCUT2D eigenvalue weighted by molar-refractivity contribution is -0.324. The molecule has 0 radical (unpaired) electrons. The van der Waals surface area contributed by atoms with Crippen LogP contribution in [0.25, 0.3) is 0 Å². The van der Waals surface area contributed by atoms with Crippen LogP contribution >= 0.6 is 11.6 Å². The van der Waals surface area contributed by atoms with Crippen molar-refractivity contribution in [1.29, 1.82) is 0 Å². The predicted molar refractivity (Wildman–Crippen MR) is 91.7 cm³/mol. The largest absolute Gasteiger partial charge is 0.361 e. The summed E-state index contributed by atoms with van der Waals surface area (Å²) in [6.45, 7) is 0.582. The van der Waals surface area contributed by atoms with E-state index in [0.717, 1.165) is 17.9 Å². The second-order valence-electron chi connectivity index (χ2n) is 6.23. The minimum atomic E-state index is -1.72. The second-order valence-corrected chi connectivity index (χ2v) is 6.66. The number of benzene rings is 2. The van der Waals surface area contributed by atoms with Crippen molar-refractivity contribution in [3.63, 3.8) is 0 Å². The van der Waals surface area contributed by atoms with Crippen LogP contribution in [-0.4, -0.2) is 29.0 Å². The molecule has 0 spiro atoms. The molecule has 1 saturated heterocycles. The molecule has 4 rings (SSSR count). The molecule has 2 atom stereocenters. The van der Waals surface area contributed by atoms with Crippen LogP contribution in [0.1, 0.15) is 40.7 Å². The molecular weight excluding hydrogens is 342 g/mol. The number of hydroxylamine groups is 2. The van der Waals surface area contributed by atoms with Crippen LogP contribution in [0.2, 0.25) is 5.02 Å². The highest BCUT2D eigenvalue weighted by Gasteiger charge is 2.52. The van der Waals surface area contributed by atoms with E-state index in [2.05, 4.69) is 0 Å². The molecule has 0 unspecified atom stereocenters. The highest BCUT2D eigenvalue weighted by atomic mass is 35.5. The Bertz CT molecular complexity index is 788. The Kier molecular flexibility index (Phi) is 4.25. The van der Waals surface area contributed by atoms with Gasteiger partial charge in [0.15, 0.2) is 6.29 Å². The fraction of sp³-hybridized carbons (Fsp3) is 0.316. The average Bonchev–Trinajstić information content (AvgIpc) is 2.86. The minimum Gasteiger partial charge on any atom is -0.361 e. The molecule has 6 heteroatoms. The van der Waals surface area contributed by atoms with Crippen LogP contribution in [-0.2, 0) is 15.3 Å². The number of rotatable bonds is 3. The zero-order valence-corrected chi connectivity index (χ0v) is 14.3. The highest BCUT2D eigenvalue weighted by molar-refractivity contribution is 6.30. The Hall–Kier alpha value is -1.92. The van der Waals surface area contributed by atoms with Crippen molar-refractivity contribution in [1.82, 2.24) is 5.06 Å². The van der Waals surface area contributed by atoms with Gasteiger partial charge < -0.3 is 9.84 Å². The Labute approximate surface area is 150 Å². The Morgan fingerprint density at radius 1 is 1.16 bits per heavy atom. The number of ether oxygens (including phenoxy) is 1. The molecule has 2 aromatic rings. The van der Waals surface area contributed by atoms with E-state index in [-0.39, 0.29) is 5.91 Å². The van der Waals surface area contributed by atoms with Gasteiger partial charge in [-0.2, -0.15) is 5.06 Å². The van der Waals surface area contributed by atoms with Gasteiger partial charge in [-0.15, -0.1) is 0 Å². The molecule has 1 fully saturated rings. The molecule has 25 heavy (non-hydrogen) atoms. The molecule has 2 aliphatic rings. The van der Waals surface area contributed by atoms with Crippen molar-refractivity contribution >= 4 is 17.5 Å². The number of carbonyl (C=O) groups is 1. The van der Waals surface area contributed by atoms with E-state index < -0.39 is 12.0 Å². The number of aliphatic hydroxyl groups is 1. The van der Waals surface area contributed by atoms with Gasteiger partial charge in [-0.25, -0.2) is 4.84 Å². The summed E-state index contributed by atoms with van der Waals surface area (Å²) in [6, 6.07) is 13.7. The van der Waals surface area contributed by atoms with Crippen LogP contribution in [0.15, 0.2) is 48.5 Å². The summed E-state index contributed by atoms with van der Waals surface area (Å²) in [5, 5.41) is 13.1. The van der Waals surface area contributed by atoms with E-state index in [0.29, 0.717) is 34.7 Å². The molecule has 1 amide bonds. The first-order valence-electron chi connectivity index (χ1n) is 8.31. The van der Waals surface area contributed by atoms with Gasteiger partial charge in [0.05, 0.1) is 5.56 Å². The van der Waals surface area contributed by atoms with Crippen molar-refractivity contribution in [2.45, 2.75) is 31.3 Å². The maximum atomic E-state index is 12.9. The Balaban J connectivity index is 1.78. The monoisotopic (exact) mass is 359 g/mol. The van der Waals surface area contributed by atoms with E-state index in [1.165, 1.54) is 0 Å². The van der Waals surface area contributed by atoms with Crippen LogP contribution < -0.4 is 0 Å². The number of fused-ring (bicyclic) bond motifs is 1. The van der Waals surface area contributed by atoms with E-state index in [1.54, 1.807) is 48.5 Å². The lowest BCUT2D eigenvalue weighted by Crippen LogP contribution is -2.47. The summed E-state index contributed by atoms with van der Waals surface area (Å²) < 4.78 is 5.59. The van der Waals surface area contributed by atoms with E-state index in [4.69, 9.17) is 21.2 Å². The van der Waals surface area contributed by atoms with E-state index >= 15 is 0 Å². The number of halogens is 1. The highest BCUT2D eigenvalue weighted by Crippen LogP contribution is 2.43. The quantitative estimate of drug-likeness (QED) is 0.912. The third kappa shape index (κ3) is 2.73. The van der Waals surface area contributed by atoms with Crippen molar-refractivity contribution in [3.05, 3.63) is 70.2 Å². The van der Waals surface area contributed by atoms with Crippen LogP contribution in [0.5, 0.6) is 0 Å². The molecule has 2 heterocycles. The number of carbonyl (C=O) groups excluding carboxylic acids is 1. The molecule has 0 bridgehead atoms. The molecule has 1 N–H and O–H groups in total. The summed E-state index contributed by atoms with van der Waals surface area (Å²) in [5.74, 6) is -0.387. The van der Waals surface area contributed by atoms with Crippen molar-refractivity contribution in [3.8, 4) is 0 Å². The standard InChI is InChI=1S/C19H18ClNO4/c20-14-10-8-13(9-11-14)19(23)16-6-2-1-5-15(16)18(22)21(19)25-17-7-3-4-12-24-17/h1-2,5-6,8-11,17,23H,3-4,7,12H2/t17-,19+/m1/s1. The Morgan fingerprint density at radius 2 is 1.92 bits per heavy atom. The van der Waals surface area contributed by atoms with Crippen molar-refractivity contribution < 1.29 is 19.5 Å². The van der Waals surface area contributed by atoms with Gasteiger partial charge >= 0.3 is 0 Å². The summed E-state index contributed by atoms with van der Waals surface area (Å²) in [5.41, 5.74) is -0.320. The molecule has 5 nitrogen and oxygen atoms in total. The van der Waals surface area contributed by atoms with Gasteiger partial charge in [0, 0.05) is 29.2 Å². The summed E-state index contributed by atoms with van der Waals surface area (Å²) in [7, 11) is 0. The van der Waals surface area contributed by atoms with E-state index in [1.807, 2.05) is 0 Å². The minimum absolute atomic E-state index is 0.387. The zero-order chi connectivity index (χ0) is 17.4. The third-order valence-electron chi connectivity index (χ3n) is 4.62. The van der Waals surface area contributed by atoms with Crippen LogP contribution in [0.3, 0.4) is 0 Å². The first-order chi connectivity index (χ1) is 12.1. The van der Waals surface area contributed by atoms with Crippen molar-refractivity contribution in [2.75, 3.05) is 6.61 Å². The van der Waals surface area contributed by atoms with Crippen LogP contribution in [0, 0.1) is 0 Å². The molecule has 0 saturated carbocycles. The molecule has 0 aliphatic carbocycles. The third-order valence-corrected chi connectivity index (χ3v) is 4.87. The zero-order valence-electron chi connectivity index (χ0n) is 13.5. The lowest BCUT2D eigenvalue weighted by atomic mass is 9.94. The normalized spacial score (nSPS) is 25.9. The van der Waals surface area contributed by atoms with Crippen molar-refractivity contribution in [2.24, 2.45) is 0 Å². The fourth-order valence-corrected chi connectivity index (χ4v) is 3.46. The number of hydrogen-bond acceptors (Lipinski definition) is 4. The molecule has 0 aromatic heterocycles. The number of nitrogens with zero attached hydrogens (tertiary/aromatic N) is 1. The molecule has 2 aliphatic heterocycles. The molecular formula is C19H18ClNO4. The topological polar surface area (TPSA) is 59.0 Å². The smallest absolute Gasteiger partial charge is 0.281 e.